The third kappa shape index (κ3) is 6.65. The molecule has 0 atom stereocenters. The molecule has 0 radical (unpaired) electrons. The van der Waals surface area contributed by atoms with Crippen LogP contribution in [0, 0.1) is 0 Å². The lowest BCUT2D eigenvalue weighted by molar-refractivity contribution is -0.120. The second-order valence-electron chi connectivity index (χ2n) is 10.9. The van der Waals surface area contributed by atoms with Gasteiger partial charge >= 0.3 is 0 Å². The Kier molecular flexibility index (Phi) is 8.56. The highest BCUT2D eigenvalue weighted by Crippen LogP contribution is 2.28. The van der Waals surface area contributed by atoms with Gasteiger partial charge in [0.25, 0.3) is 5.56 Å². The number of anilines is 2. The first kappa shape index (κ1) is 28.3. The van der Waals surface area contributed by atoms with E-state index in [1.165, 1.54) is 17.5 Å². The molecule has 218 valence electrons. The van der Waals surface area contributed by atoms with Crippen molar-refractivity contribution in [3.8, 4) is 22.4 Å². The zero-order valence-electron chi connectivity index (χ0n) is 24.4. The molecule has 0 aliphatic carbocycles. The maximum atomic E-state index is 13.2. The predicted molar refractivity (Wildman–Crippen MR) is 172 cm³/mol. The van der Waals surface area contributed by atoms with E-state index in [9.17, 15) is 9.59 Å². The lowest BCUT2D eigenvalue weighted by Gasteiger charge is -2.14. The van der Waals surface area contributed by atoms with Crippen LogP contribution < -0.4 is 16.2 Å². The van der Waals surface area contributed by atoms with E-state index in [0.717, 1.165) is 58.5 Å². The molecule has 0 bridgehead atoms. The SMILES string of the molecule is CCn1nc(-c2cccc(-c3ccc(CC(=O)NCCN4CCCC4)cc3)c2)cc(Nc2cccc3ncccc23)c1=O. The number of hydrogen-bond donors (Lipinski definition) is 2. The standard InChI is InChI=1S/C35H36N6O2/c1-2-41-35(43)33(38-31-12-6-11-30-29(31)10-7-17-36-30)24-32(39-41)28-9-5-8-27(23-28)26-15-13-25(14-16-26)22-34(42)37-18-21-40-19-3-4-20-40/h5-17,23-24,38H,2-4,18-22H2,1H3,(H,37,42). The molecule has 0 unspecified atom stereocenters. The van der Waals surface area contributed by atoms with Crippen LogP contribution >= 0.6 is 0 Å². The number of amides is 1. The van der Waals surface area contributed by atoms with Crippen LogP contribution in [0.15, 0.2) is 95.9 Å². The number of rotatable bonds is 10. The van der Waals surface area contributed by atoms with Gasteiger partial charge < -0.3 is 15.5 Å². The molecule has 8 heteroatoms. The molecule has 8 nitrogen and oxygen atoms in total. The van der Waals surface area contributed by atoms with Crippen molar-refractivity contribution in [1.82, 2.24) is 25.0 Å². The Bertz CT molecular complexity index is 1790. The van der Waals surface area contributed by atoms with Gasteiger partial charge in [0.1, 0.15) is 5.69 Å². The number of pyridine rings is 1. The molecular weight excluding hydrogens is 536 g/mol. The predicted octanol–water partition coefficient (Wildman–Crippen LogP) is 5.64. The van der Waals surface area contributed by atoms with Gasteiger partial charge in [-0.15, -0.1) is 0 Å². The van der Waals surface area contributed by atoms with Crippen molar-refractivity contribution >= 4 is 28.2 Å². The highest BCUT2D eigenvalue weighted by atomic mass is 16.1. The highest BCUT2D eigenvalue weighted by molar-refractivity contribution is 5.93. The zero-order valence-corrected chi connectivity index (χ0v) is 24.4. The van der Waals surface area contributed by atoms with Crippen molar-refractivity contribution in [2.75, 3.05) is 31.5 Å². The molecule has 1 aliphatic heterocycles. The third-order valence-electron chi connectivity index (χ3n) is 7.95. The minimum Gasteiger partial charge on any atom is -0.355 e. The molecule has 2 N–H and O–H groups in total. The second-order valence-corrected chi connectivity index (χ2v) is 10.9. The maximum Gasteiger partial charge on any atom is 0.290 e. The Morgan fingerprint density at radius 2 is 1.65 bits per heavy atom. The van der Waals surface area contributed by atoms with E-state index in [-0.39, 0.29) is 11.5 Å². The average molecular weight is 573 g/mol. The summed E-state index contributed by atoms with van der Waals surface area (Å²) in [5.74, 6) is 0.0512. The molecule has 2 aromatic heterocycles. The van der Waals surface area contributed by atoms with Crippen LogP contribution in [0.4, 0.5) is 11.4 Å². The summed E-state index contributed by atoms with van der Waals surface area (Å²) in [6, 6.07) is 27.8. The molecule has 5 aromatic rings. The monoisotopic (exact) mass is 572 g/mol. The van der Waals surface area contributed by atoms with Crippen molar-refractivity contribution in [1.29, 1.82) is 0 Å². The van der Waals surface area contributed by atoms with E-state index in [4.69, 9.17) is 0 Å². The van der Waals surface area contributed by atoms with Gasteiger partial charge in [0, 0.05) is 42.5 Å². The topological polar surface area (TPSA) is 92.2 Å². The van der Waals surface area contributed by atoms with Crippen molar-refractivity contribution in [3.05, 3.63) is 107 Å². The van der Waals surface area contributed by atoms with Gasteiger partial charge in [-0.1, -0.05) is 48.5 Å². The average Bonchev–Trinajstić information content (AvgIpc) is 3.56. The van der Waals surface area contributed by atoms with E-state index >= 15 is 0 Å². The van der Waals surface area contributed by atoms with Gasteiger partial charge in [-0.05, 0) is 85.9 Å². The Balaban J connectivity index is 1.19. The number of nitrogens with zero attached hydrogens (tertiary/aromatic N) is 4. The van der Waals surface area contributed by atoms with Gasteiger partial charge in [-0.25, -0.2) is 4.68 Å². The van der Waals surface area contributed by atoms with Crippen LogP contribution in [-0.4, -0.2) is 51.8 Å². The second kappa shape index (κ2) is 13.0. The molecule has 1 saturated heterocycles. The van der Waals surface area contributed by atoms with Gasteiger partial charge in [0.15, 0.2) is 0 Å². The summed E-state index contributed by atoms with van der Waals surface area (Å²) in [6.45, 7) is 6.25. The zero-order chi connectivity index (χ0) is 29.6. The number of nitrogens with one attached hydrogen (secondary N) is 2. The van der Waals surface area contributed by atoms with Crippen LogP contribution in [0.5, 0.6) is 0 Å². The fourth-order valence-electron chi connectivity index (χ4n) is 5.62. The van der Waals surface area contributed by atoms with Crippen LogP contribution in [0.3, 0.4) is 0 Å². The van der Waals surface area contributed by atoms with Crippen LogP contribution in [0.2, 0.25) is 0 Å². The van der Waals surface area contributed by atoms with Crippen LogP contribution in [-0.2, 0) is 17.8 Å². The minimum atomic E-state index is -0.182. The van der Waals surface area contributed by atoms with E-state index in [0.29, 0.717) is 30.9 Å². The minimum absolute atomic E-state index is 0.0512. The maximum absolute atomic E-state index is 13.2. The number of aromatic nitrogens is 3. The summed E-state index contributed by atoms with van der Waals surface area (Å²) in [7, 11) is 0. The molecule has 0 saturated carbocycles. The lowest BCUT2D eigenvalue weighted by atomic mass is 9.99. The molecule has 1 amide bonds. The smallest absolute Gasteiger partial charge is 0.290 e. The van der Waals surface area contributed by atoms with Crippen molar-refractivity contribution in [2.45, 2.75) is 32.7 Å². The normalized spacial score (nSPS) is 13.3. The molecule has 0 spiro atoms. The first-order valence-electron chi connectivity index (χ1n) is 15.0. The number of carbonyl (C=O) groups is 1. The summed E-state index contributed by atoms with van der Waals surface area (Å²) in [6.07, 6.45) is 4.64. The molecule has 6 rings (SSSR count). The van der Waals surface area contributed by atoms with Crippen molar-refractivity contribution < 1.29 is 4.79 Å². The summed E-state index contributed by atoms with van der Waals surface area (Å²) in [5.41, 5.74) is 6.61. The summed E-state index contributed by atoms with van der Waals surface area (Å²) in [4.78, 5) is 32.5. The number of hydrogen-bond acceptors (Lipinski definition) is 6. The first-order chi connectivity index (χ1) is 21.1. The van der Waals surface area contributed by atoms with E-state index in [1.54, 1.807) is 6.20 Å². The molecule has 3 aromatic carbocycles. The fraction of sp³-hybridized carbons (Fsp3) is 0.257. The first-order valence-corrected chi connectivity index (χ1v) is 15.0. The molecule has 3 heterocycles. The van der Waals surface area contributed by atoms with E-state index in [1.807, 2.05) is 79.7 Å². The van der Waals surface area contributed by atoms with Gasteiger partial charge in [0.2, 0.25) is 5.91 Å². The Morgan fingerprint density at radius 3 is 2.47 bits per heavy atom. The lowest BCUT2D eigenvalue weighted by Crippen LogP contribution is -2.34. The van der Waals surface area contributed by atoms with E-state index < -0.39 is 0 Å². The Morgan fingerprint density at radius 1 is 0.860 bits per heavy atom. The number of likely N-dealkylation sites (tertiary alicyclic amines) is 1. The number of fused-ring (bicyclic) bond motifs is 1. The number of carbonyl (C=O) groups excluding carboxylic acids is 1. The summed E-state index contributed by atoms with van der Waals surface area (Å²) in [5, 5.41) is 12.0. The Labute approximate surface area is 251 Å². The quantitative estimate of drug-likeness (QED) is 0.225. The number of benzene rings is 3. The van der Waals surface area contributed by atoms with Crippen molar-refractivity contribution in [2.24, 2.45) is 0 Å². The third-order valence-corrected chi connectivity index (χ3v) is 7.95. The van der Waals surface area contributed by atoms with Gasteiger partial charge in [-0.2, -0.15) is 5.10 Å². The van der Waals surface area contributed by atoms with Crippen LogP contribution in [0.25, 0.3) is 33.3 Å². The molecule has 1 aliphatic rings. The van der Waals surface area contributed by atoms with Crippen LogP contribution in [0.1, 0.15) is 25.3 Å². The fourth-order valence-corrected chi connectivity index (χ4v) is 5.62. The number of aryl methyl sites for hydroxylation is 1. The Hall–Kier alpha value is -4.82. The van der Waals surface area contributed by atoms with E-state index in [2.05, 4.69) is 37.7 Å². The van der Waals surface area contributed by atoms with Gasteiger partial charge in [0.05, 0.1) is 17.6 Å². The van der Waals surface area contributed by atoms with Gasteiger partial charge in [-0.3, -0.25) is 14.6 Å². The molecular formula is C35H36N6O2. The largest absolute Gasteiger partial charge is 0.355 e. The summed E-state index contributed by atoms with van der Waals surface area (Å²) < 4.78 is 1.48. The molecule has 1 fully saturated rings. The molecule has 43 heavy (non-hydrogen) atoms. The highest BCUT2D eigenvalue weighted by Gasteiger charge is 2.13. The summed E-state index contributed by atoms with van der Waals surface area (Å²) >= 11 is 0. The van der Waals surface area contributed by atoms with Crippen molar-refractivity contribution in [3.63, 3.8) is 0 Å².